The minimum atomic E-state index is 0.792. The van der Waals surface area contributed by atoms with E-state index in [1.807, 2.05) is 12.1 Å². The monoisotopic (exact) mass is 406 g/mol. The highest BCUT2D eigenvalue weighted by Crippen LogP contribution is 2.32. The number of benzene rings is 3. The van der Waals surface area contributed by atoms with Crippen molar-refractivity contribution in [2.45, 2.75) is 13.1 Å². The molecule has 0 spiro atoms. The van der Waals surface area contributed by atoms with Crippen LogP contribution in [0.2, 0.25) is 0 Å². The third-order valence-electron chi connectivity index (χ3n) is 5.93. The smallest absolute Gasteiger partial charge is 0.165 e. The van der Waals surface area contributed by atoms with Gasteiger partial charge in [-0.25, -0.2) is 0 Å². The van der Waals surface area contributed by atoms with E-state index in [1.165, 1.54) is 21.9 Å². The molecule has 4 rings (SSSR count). The molecule has 5 nitrogen and oxygen atoms in total. The van der Waals surface area contributed by atoms with Crippen LogP contribution in [-0.2, 0) is 13.1 Å². The number of fused-ring (bicyclic) bond motifs is 1. The van der Waals surface area contributed by atoms with Gasteiger partial charge in [-0.05, 0) is 23.1 Å². The summed E-state index contributed by atoms with van der Waals surface area (Å²) in [6.07, 6.45) is 0. The lowest BCUT2D eigenvalue weighted by Crippen LogP contribution is -2.45. The van der Waals surface area contributed by atoms with E-state index in [2.05, 4.69) is 52.3 Å². The lowest BCUT2D eigenvalue weighted by Gasteiger charge is -2.35. The van der Waals surface area contributed by atoms with Crippen LogP contribution in [-0.4, -0.2) is 57.3 Å². The third kappa shape index (κ3) is 4.23. The molecule has 0 unspecified atom stereocenters. The molecule has 0 saturated carbocycles. The molecule has 0 radical (unpaired) electrons. The molecule has 1 fully saturated rings. The van der Waals surface area contributed by atoms with Crippen molar-refractivity contribution in [2.75, 3.05) is 47.5 Å². The van der Waals surface area contributed by atoms with Gasteiger partial charge in [0.25, 0.3) is 0 Å². The second-order valence-corrected chi connectivity index (χ2v) is 7.68. The van der Waals surface area contributed by atoms with E-state index < -0.39 is 0 Å². The average Bonchev–Trinajstić information content (AvgIpc) is 2.80. The molecule has 5 heteroatoms. The van der Waals surface area contributed by atoms with Crippen molar-refractivity contribution in [3.05, 3.63) is 65.7 Å². The van der Waals surface area contributed by atoms with E-state index in [-0.39, 0.29) is 0 Å². The van der Waals surface area contributed by atoms with Gasteiger partial charge in [-0.1, -0.05) is 42.5 Å². The van der Waals surface area contributed by atoms with Gasteiger partial charge in [0.2, 0.25) is 0 Å². The number of methoxy groups -OCH3 is 3. The zero-order chi connectivity index (χ0) is 20.9. The second kappa shape index (κ2) is 9.37. The van der Waals surface area contributed by atoms with Crippen LogP contribution < -0.4 is 14.2 Å². The fraction of sp³-hybridized carbons (Fsp3) is 0.360. The highest BCUT2D eigenvalue weighted by molar-refractivity contribution is 5.91. The largest absolute Gasteiger partial charge is 0.496 e. The summed E-state index contributed by atoms with van der Waals surface area (Å²) in [4.78, 5) is 5.02. The predicted octanol–water partition coefficient (Wildman–Crippen LogP) is 4.18. The number of piperazine rings is 1. The average molecular weight is 407 g/mol. The standard InChI is InChI=1S/C25H30N2O3/c1-28-23-12-11-19(21-8-4-5-9-22(21)23)17-26-13-15-27(16-14-26)18-20-7-6-10-24(29-2)25(20)30-3/h4-12H,13-18H2,1-3H3. The molecule has 3 aromatic carbocycles. The summed E-state index contributed by atoms with van der Waals surface area (Å²) in [5.41, 5.74) is 2.53. The Morgan fingerprint density at radius 3 is 1.87 bits per heavy atom. The van der Waals surface area contributed by atoms with Gasteiger partial charge in [0, 0.05) is 50.2 Å². The fourth-order valence-electron chi connectivity index (χ4n) is 4.32. The SMILES string of the molecule is COc1cccc(CN2CCN(Cc3ccc(OC)c4ccccc34)CC2)c1OC. The molecule has 3 aromatic rings. The quantitative estimate of drug-likeness (QED) is 0.588. The maximum atomic E-state index is 5.60. The third-order valence-corrected chi connectivity index (χ3v) is 5.93. The summed E-state index contributed by atoms with van der Waals surface area (Å²) in [5, 5.41) is 2.46. The maximum absolute atomic E-state index is 5.60. The van der Waals surface area contributed by atoms with E-state index >= 15 is 0 Å². The van der Waals surface area contributed by atoms with Crippen LogP contribution in [0.1, 0.15) is 11.1 Å². The molecule has 1 aliphatic heterocycles. The van der Waals surface area contributed by atoms with Crippen molar-refractivity contribution in [3.8, 4) is 17.2 Å². The minimum Gasteiger partial charge on any atom is -0.496 e. The molecule has 0 bridgehead atoms. The Morgan fingerprint density at radius 2 is 1.23 bits per heavy atom. The highest BCUT2D eigenvalue weighted by Gasteiger charge is 2.20. The molecule has 158 valence electrons. The number of nitrogens with zero attached hydrogens (tertiary/aromatic N) is 2. The van der Waals surface area contributed by atoms with E-state index in [1.54, 1.807) is 21.3 Å². The molecule has 0 atom stereocenters. The molecule has 0 amide bonds. The van der Waals surface area contributed by atoms with Gasteiger partial charge in [0.1, 0.15) is 5.75 Å². The first-order valence-electron chi connectivity index (χ1n) is 10.4. The van der Waals surface area contributed by atoms with E-state index in [9.17, 15) is 0 Å². The Balaban J connectivity index is 1.41. The Kier molecular flexibility index (Phi) is 6.41. The lowest BCUT2D eigenvalue weighted by atomic mass is 10.0. The van der Waals surface area contributed by atoms with Crippen molar-refractivity contribution in [1.82, 2.24) is 9.80 Å². The van der Waals surface area contributed by atoms with Crippen molar-refractivity contribution >= 4 is 10.8 Å². The van der Waals surface area contributed by atoms with Crippen LogP contribution in [0.15, 0.2) is 54.6 Å². The van der Waals surface area contributed by atoms with E-state index in [0.717, 1.165) is 56.5 Å². The minimum absolute atomic E-state index is 0.792. The zero-order valence-corrected chi connectivity index (χ0v) is 18.1. The van der Waals surface area contributed by atoms with Gasteiger partial charge in [0.05, 0.1) is 21.3 Å². The Labute approximate surface area is 178 Å². The summed E-state index contributed by atoms with van der Waals surface area (Å²) >= 11 is 0. The molecule has 1 heterocycles. The second-order valence-electron chi connectivity index (χ2n) is 7.68. The normalized spacial score (nSPS) is 15.3. The van der Waals surface area contributed by atoms with Gasteiger partial charge in [-0.2, -0.15) is 0 Å². The summed E-state index contributed by atoms with van der Waals surface area (Å²) in [6.45, 7) is 6.00. The van der Waals surface area contributed by atoms with Crippen LogP contribution in [0.3, 0.4) is 0 Å². The summed E-state index contributed by atoms with van der Waals surface area (Å²) in [6, 6.07) is 18.9. The van der Waals surface area contributed by atoms with Crippen LogP contribution in [0.5, 0.6) is 17.2 Å². The van der Waals surface area contributed by atoms with E-state index in [4.69, 9.17) is 14.2 Å². The number of para-hydroxylation sites is 1. The molecule has 1 saturated heterocycles. The van der Waals surface area contributed by atoms with Crippen LogP contribution in [0, 0.1) is 0 Å². The molecule has 0 aromatic heterocycles. The first-order valence-corrected chi connectivity index (χ1v) is 10.4. The molecule has 0 aliphatic carbocycles. The highest BCUT2D eigenvalue weighted by atomic mass is 16.5. The van der Waals surface area contributed by atoms with Crippen molar-refractivity contribution in [3.63, 3.8) is 0 Å². The van der Waals surface area contributed by atoms with Gasteiger partial charge in [0.15, 0.2) is 11.5 Å². The number of hydrogen-bond acceptors (Lipinski definition) is 5. The van der Waals surface area contributed by atoms with Gasteiger partial charge < -0.3 is 14.2 Å². The molecule has 1 aliphatic rings. The first-order chi connectivity index (χ1) is 14.7. The number of ether oxygens (including phenoxy) is 3. The van der Waals surface area contributed by atoms with Crippen LogP contribution >= 0.6 is 0 Å². The van der Waals surface area contributed by atoms with Crippen molar-refractivity contribution < 1.29 is 14.2 Å². The lowest BCUT2D eigenvalue weighted by molar-refractivity contribution is 0.121. The summed E-state index contributed by atoms with van der Waals surface area (Å²) < 4.78 is 16.6. The van der Waals surface area contributed by atoms with Crippen molar-refractivity contribution in [2.24, 2.45) is 0 Å². The van der Waals surface area contributed by atoms with Crippen LogP contribution in [0.4, 0.5) is 0 Å². The van der Waals surface area contributed by atoms with Crippen molar-refractivity contribution in [1.29, 1.82) is 0 Å². The Hall–Kier alpha value is -2.76. The van der Waals surface area contributed by atoms with Gasteiger partial charge >= 0.3 is 0 Å². The van der Waals surface area contributed by atoms with Gasteiger partial charge in [-0.3, -0.25) is 9.80 Å². The predicted molar refractivity (Wildman–Crippen MR) is 121 cm³/mol. The summed E-state index contributed by atoms with van der Waals surface area (Å²) in [5.74, 6) is 2.57. The molecule has 0 N–H and O–H groups in total. The molecular weight excluding hydrogens is 376 g/mol. The number of rotatable bonds is 7. The Bertz CT molecular complexity index is 997. The maximum Gasteiger partial charge on any atom is 0.165 e. The first kappa shape index (κ1) is 20.5. The fourth-order valence-corrected chi connectivity index (χ4v) is 4.32. The zero-order valence-electron chi connectivity index (χ0n) is 18.1. The van der Waals surface area contributed by atoms with Crippen LogP contribution in [0.25, 0.3) is 10.8 Å². The molecule has 30 heavy (non-hydrogen) atoms. The number of hydrogen-bond donors (Lipinski definition) is 0. The summed E-state index contributed by atoms with van der Waals surface area (Å²) in [7, 11) is 5.12. The van der Waals surface area contributed by atoms with E-state index in [0.29, 0.717) is 0 Å². The topological polar surface area (TPSA) is 34.2 Å². The molecular formula is C25H30N2O3. The van der Waals surface area contributed by atoms with Gasteiger partial charge in [-0.15, -0.1) is 0 Å². The Morgan fingerprint density at radius 1 is 0.600 bits per heavy atom.